The van der Waals surface area contributed by atoms with Crippen molar-refractivity contribution in [1.82, 2.24) is 8.87 Å². The number of piperidine rings is 1. The molecule has 1 aromatic carbocycles. The lowest BCUT2D eigenvalue weighted by Gasteiger charge is -2.30. The van der Waals surface area contributed by atoms with Gasteiger partial charge < -0.3 is 4.42 Å². The van der Waals surface area contributed by atoms with Crippen molar-refractivity contribution in [2.75, 3.05) is 17.8 Å². The molecule has 1 aliphatic rings. The number of nitrogens with one attached hydrogen (secondary N) is 1. The van der Waals surface area contributed by atoms with Gasteiger partial charge in [0.1, 0.15) is 0 Å². The summed E-state index contributed by atoms with van der Waals surface area (Å²) >= 11 is 0. The molecule has 0 bridgehead atoms. The molecule has 2 aromatic rings. The second-order valence-electron chi connectivity index (χ2n) is 5.82. The number of hydrogen-bond acceptors (Lipinski definition) is 4. The van der Waals surface area contributed by atoms with E-state index in [1.54, 1.807) is 19.2 Å². The zero-order valence-electron chi connectivity index (χ0n) is 12.6. The summed E-state index contributed by atoms with van der Waals surface area (Å²) < 4.78 is 35.3. The third-order valence-corrected chi connectivity index (χ3v) is 5.50. The first-order chi connectivity index (χ1) is 10.4. The maximum Gasteiger partial charge on any atom is 0.419 e. The molecule has 1 saturated heterocycles. The fourth-order valence-corrected chi connectivity index (χ4v) is 4.15. The summed E-state index contributed by atoms with van der Waals surface area (Å²) in [6.07, 6.45) is 1.92. The van der Waals surface area contributed by atoms with Crippen LogP contribution in [0.1, 0.15) is 19.8 Å². The number of oxazole rings is 1. The van der Waals surface area contributed by atoms with E-state index >= 15 is 0 Å². The SMILES string of the molecule is CC1CCCN(S(=O)(=O)Nc2ccc3c(c2)oc(=O)n3C)C1. The van der Waals surface area contributed by atoms with Crippen LogP contribution in [0.5, 0.6) is 0 Å². The Kier molecular flexibility index (Phi) is 3.73. The zero-order valence-corrected chi connectivity index (χ0v) is 13.4. The molecule has 1 aromatic heterocycles. The van der Waals surface area contributed by atoms with Gasteiger partial charge in [-0.3, -0.25) is 9.29 Å². The second kappa shape index (κ2) is 5.44. The van der Waals surface area contributed by atoms with Crippen LogP contribution in [0.3, 0.4) is 0 Å². The van der Waals surface area contributed by atoms with E-state index in [1.807, 2.05) is 6.92 Å². The van der Waals surface area contributed by atoms with Gasteiger partial charge in [-0.1, -0.05) is 6.92 Å². The molecule has 0 spiro atoms. The number of nitrogens with zero attached hydrogens (tertiary/aromatic N) is 2. The highest BCUT2D eigenvalue weighted by atomic mass is 32.2. The van der Waals surface area contributed by atoms with Gasteiger partial charge >= 0.3 is 16.0 Å². The molecule has 3 rings (SSSR count). The van der Waals surface area contributed by atoms with Gasteiger partial charge in [0.2, 0.25) is 0 Å². The summed E-state index contributed by atoms with van der Waals surface area (Å²) in [6, 6.07) is 4.82. The molecule has 1 unspecified atom stereocenters. The molecule has 0 amide bonds. The Bertz CT molecular complexity index is 853. The van der Waals surface area contributed by atoms with E-state index in [2.05, 4.69) is 4.72 Å². The zero-order chi connectivity index (χ0) is 15.9. The van der Waals surface area contributed by atoms with E-state index < -0.39 is 16.0 Å². The molecule has 7 nitrogen and oxygen atoms in total. The van der Waals surface area contributed by atoms with Gasteiger partial charge in [-0.25, -0.2) is 4.79 Å². The molecule has 22 heavy (non-hydrogen) atoms. The van der Waals surface area contributed by atoms with Crippen LogP contribution < -0.4 is 10.5 Å². The number of rotatable bonds is 3. The topological polar surface area (TPSA) is 84.6 Å². The van der Waals surface area contributed by atoms with E-state index in [-0.39, 0.29) is 0 Å². The largest absolute Gasteiger partial charge is 0.419 e. The lowest BCUT2D eigenvalue weighted by Crippen LogP contribution is -2.42. The third-order valence-electron chi connectivity index (χ3n) is 4.00. The van der Waals surface area contributed by atoms with Crippen LogP contribution in [0.25, 0.3) is 11.1 Å². The Hall–Kier alpha value is -1.80. The fourth-order valence-electron chi connectivity index (χ4n) is 2.78. The highest BCUT2D eigenvalue weighted by Gasteiger charge is 2.27. The molecule has 120 valence electrons. The molecule has 0 aliphatic carbocycles. The van der Waals surface area contributed by atoms with Crippen LogP contribution in [-0.4, -0.2) is 30.4 Å². The summed E-state index contributed by atoms with van der Waals surface area (Å²) in [7, 11) is -1.98. The lowest BCUT2D eigenvalue weighted by atomic mass is 10.0. The third kappa shape index (κ3) is 2.76. The van der Waals surface area contributed by atoms with Crippen molar-refractivity contribution in [2.45, 2.75) is 19.8 Å². The summed E-state index contributed by atoms with van der Waals surface area (Å²) in [5.74, 6) is -0.111. The maximum absolute atomic E-state index is 12.4. The van der Waals surface area contributed by atoms with Gasteiger partial charge in [-0.15, -0.1) is 0 Å². The van der Waals surface area contributed by atoms with Crippen molar-refractivity contribution in [1.29, 1.82) is 0 Å². The Labute approximate surface area is 128 Å². The van der Waals surface area contributed by atoms with Gasteiger partial charge in [-0.2, -0.15) is 12.7 Å². The summed E-state index contributed by atoms with van der Waals surface area (Å²) in [5, 5.41) is 0. The maximum atomic E-state index is 12.4. The summed E-state index contributed by atoms with van der Waals surface area (Å²) in [5.41, 5.74) is 1.37. The van der Waals surface area contributed by atoms with E-state index in [0.29, 0.717) is 35.8 Å². The van der Waals surface area contributed by atoms with Gasteiger partial charge in [0.15, 0.2) is 5.58 Å². The van der Waals surface area contributed by atoms with Crippen molar-refractivity contribution in [3.63, 3.8) is 0 Å². The van der Waals surface area contributed by atoms with Crippen LogP contribution >= 0.6 is 0 Å². The monoisotopic (exact) mass is 325 g/mol. The van der Waals surface area contributed by atoms with E-state index in [1.165, 1.54) is 14.9 Å². The number of aromatic nitrogens is 1. The summed E-state index contributed by atoms with van der Waals surface area (Å²) in [4.78, 5) is 11.5. The first kappa shape index (κ1) is 15.1. The minimum Gasteiger partial charge on any atom is -0.408 e. The molecule has 1 N–H and O–H groups in total. The number of fused-ring (bicyclic) bond motifs is 1. The number of anilines is 1. The molecule has 1 aliphatic heterocycles. The molecule has 8 heteroatoms. The van der Waals surface area contributed by atoms with Crippen LogP contribution in [-0.2, 0) is 17.3 Å². The minimum absolute atomic E-state index is 0.361. The summed E-state index contributed by atoms with van der Waals surface area (Å²) in [6.45, 7) is 3.10. The Balaban J connectivity index is 1.87. The molecule has 1 fully saturated rings. The molecule has 2 heterocycles. The number of hydrogen-bond donors (Lipinski definition) is 1. The van der Waals surface area contributed by atoms with Gasteiger partial charge in [0.25, 0.3) is 0 Å². The van der Waals surface area contributed by atoms with E-state index in [4.69, 9.17) is 4.42 Å². The lowest BCUT2D eigenvalue weighted by molar-refractivity contribution is 0.282. The molecular formula is C14H19N3O4S. The molecule has 0 radical (unpaired) electrons. The smallest absolute Gasteiger partial charge is 0.408 e. The minimum atomic E-state index is -3.58. The standard InChI is InChI=1S/C14H19N3O4S/c1-10-4-3-7-17(9-10)22(19,20)15-11-5-6-12-13(8-11)21-14(18)16(12)2/h5-6,8,10,15H,3-4,7,9H2,1-2H3. The van der Waals surface area contributed by atoms with Crippen LogP contribution in [0.2, 0.25) is 0 Å². The van der Waals surface area contributed by atoms with Crippen molar-refractivity contribution < 1.29 is 12.8 Å². The Morgan fingerprint density at radius 1 is 1.36 bits per heavy atom. The highest BCUT2D eigenvalue weighted by molar-refractivity contribution is 7.90. The first-order valence-corrected chi connectivity index (χ1v) is 8.68. The second-order valence-corrected chi connectivity index (χ2v) is 7.49. The number of aryl methyl sites for hydroxylation is 1. The van der Waals surface area contributed by atoms with Gasteiger partial charge in [0.05, 0.1) is 11.2 Å². The predicted molar refractivity (Wildman–Crippen MR) is 84.0 cm³/mol. The van der Waals surface area contributed by atoms with E-state index in [0.717, 1.165) is 12.8 Å². The average molecular weight is 325 g/mol. The molecular weight excluding hydrogens is 306 g/mol. The van der Waals surface area contributed by atoms with Crippen molar-refractivity contribution >= 4 is 27.0 Å². The normalized spacial score (nSPS) is 20.4. The molecule has 1 atom stereocenters. The van der Waals surface area contributed by atoms with Gasteiger partial charge in [-0.05, 0) is 30.9 Å². The highest BCUT2D eigenvalue weighted by Crippen LogP contribution is 2.22. The first-order valence-electron chi connectivity index (χ1n) is 7.24. The number of benzene rings is 1. The fraction of sp³-hybridized carbons (Fsp3) is 0.500. The Morgan fingerprint density at radius 3 is 2.86 bits per heavy atom. The predicted octanol–water partition coefficient (Wildman–Crippen LogP) is 1.52. The van der Waals surface area contributed by atoms with Crippen LogP contribution in [0.4, 0.5) is 5.69 Å². The van der Waals surface area contributed by atoms with Crippen molar-refractivity contribution in [3.05, 3.63) is 28.7 Å². The van der Waals surface area contributed by atoms with E-state index in [9.17, 15) is 13.2 Å². The van der Waals surface area contributed by atoms with Crippen LogP contribution in [0, 0.1) is 5.92 Å². The Morgan fingerprint density at radius 2 is 2.14 bits per heavy atom. The average Bonchev–Trinajstić information content (AvgIpc) is 2.73. The van der Waals surface area contributed by atoms with Crippen LogP contribution in [0.15, 0.2) is 27.4 Å². The van der Waals surface area contributed by atoms with Crippen molar-refractivity contribution in [3.8, 4) is 0 Å². The molecule has 0 saturated carbocycles. The van der Waals surface area contributed by atoms with Crippen molar-refractivity contribution in [2.24, 2.45) is 13.0 Å². The van der Waals surface area contributed by atoms with Gasteiger partial charge in [0, 0.05) is 26.2 Å². The quantitative estimate of drug-likeness (QED) is 0.927.